The number of hydrogen-bond donors (Lipinski definition) is 0. The number of benzene rings is 1. The SMILES string of the molecule is CCCOCCOCc1ccc(C(=O)OC)cc1. The van der Waals surface area contributed by atoms with Gasteiger partial charge in [-0.1, -0.05) is 19.1 Å². The number of carbonyl (C=O) groups excluding carboxylic acids is 1. The van der Waals surface area contributed by atoms with E-state index in [1.165, 1.54) is 7.11 Å². The van der Waals surface area contributed by atoms with E-state index in [1.54, 1.807) is 12.1 Å². The van der Waals surface area contributed by atoms with E-state index in [2.05, 4.69) is 11.7 Å². The zero-order valence-corrected chi connectivity index (χ0v) is 11.0. The van der Waals surface area contributed by atoms with Gasteiger partial charge in [0.1, 0.15) is 0 Å². The Morgan fingerprint density at radius 2 is 1.72 bits per heavy atom. The van der Waals surface area contributed by atoms with Crippen molar-refractivity contribution in [3.05, 3.63) is 35.4 Å². The minimum absolute atomic E-state index is 0.324. The van der Waals surface area contributed by atoms with Crippen LogP contribution >= 0.6 is 0 Å². The van der Waals surface area contributed by atoms with E-state index in [4.69, 9.17) is 9.47 Å². The van der Waals surface area contributed by atoms with E-state index < -0.39 is 0 Å². The molecule has 0 atom stereocenters. The number of esters is 1. The second-order valence-electron chi connectivity index (χ2n) is 3.85. The maximum atomic E-state index is 11.2. The number of carbonyl (C=O) groups is 1. The Labute approximate surface area is 108 Å². The predicted molar refractivity (Wildman–Crippen MR) is 68.5 cm³/mol. The molecule has 0 heterocycles. The Morgan fingerprint density at radius 1 is 1.06 bits per heavy atom. The molecule has 0 aliphatic heterocycles. The van der Waals surface area contributed by atoms with Crippen molar-refractivity contribution in [2.75, 3.05) is 26.9 Å². The van der Waals surface area contributed by atoms with Gasteiger partial charge in [0.2, 0.25) is 0 Å². The zero-order valence-electron chi connectivity index (χ0n) is 11.0. The Hall–Kier alpha value is -1.39. The lowest BCUT2D eigenvalue weighted by molar-refractivity contribution is 0.0408. The first-order valence-corrected chi connectivity index (χ1v) is 6.10. The van der Waals surface area contributed by atoms with Crippen LogP contribution in [0.1, 0.15) is 29.3 Å². The Morgan fingerprint density at radius 3 is 2.33 bits per heavy atom. The van der Waals surface area contributed by atoms with E-state index in [1.807, 2.05) is 12.1 Å². The quantitative estimate of drug-likeness (QED) is 0.526. The van der Waals surface area contributed by atoms with Crippen LogP contribution < -0.4 is 0 Å². The molecule has 100 valence electrons. The van der Waals surface area contributed by atoms with Gasteiger partial charge >= 0.3 is 5.97 Å². The van der Waals surface area contributed by atoms with Crippen LogP contribution in [0.5, 0.6) is 0 Å². The first-order chi connectivity index (χ1) is 8.77. The third-order valence-electron chi connectivity index (χ3n) is 2.36. The van der Waals surface area contributed by atoms with Crippen LogP contribution in [0.2, 0.25) is 0 Å². The van der Waals surface area contributed by atoms with Crippen LogP contribution in [0.15, 0.2) is 24.3 Å². The smallest absolute Gasteiger partial charge is 0.337 e. The Balaban J connectivity index is 2.25. The molecular formula is C14H20O4. The lowest BCUT2D eigenvalue weighted by Crippen LogP contribution is -2.05. The first kappa shape index (κ1) is 14.7. The molecule has 1 aromatic rings. The van der Waals surface area contributed by atoms with Crippen molar-refractivity contribution < 1.29 is 19.0 Å². The fraction of sp³-hybridized carbons (Fsp3) is 0.500. The van der Waals surface area contributed by atoms with Gasteiger partial charge in [0, 0.05) is 6.61 Å². The molecule has 0 aliphatic carbocycles. The van der Waals surface area contributed by atoms with Crippen LogP contribution in [0.25, 0.3) is 0 Å². The summed E-state index contributed by atoms with van der Waals surface area (Å²) >= 11 is 0. The summed E-state index contributed by atoms with van der Waals surface area (Å²) in [6.45, 7) is 4.57. The number of methoxy groups -OCH3 is 1. The molecule has 0 amide bonds. The van der Waals surface area contributed by atoms with Gasteiger partial charge in [-0.05, 0) is 24.1 Å². The minimum Gasteiger partial charge on any atom is -0.465 e. The minimum atomic E-state index is -0.324. The molecule has 1 aromatic carbocycles. The van der Waals surface area contributed by atoms with Gasteiger partial charge in [-0.15, -0.1) is 0 Å². The largest absolute Gasteiger partial charge is 0.465 e. The third kappa shape index (κ3) is 5.29. The third-order valence-corrected chi connectivity index (χ3v) is 2.36. The summed E-state index contributed by atoms with van der Waals surface area (Å²) in [5.74, 6) is -0.324. The summed E-state index contributed by atoms with van der Waals surface area (Å²) in [4.78, 5) is 11.2. The topological polar surface area (TPSA) is 44.8 Å². The first-order valence-electron chi connectivity index (χ1n) is 6.10. The molecule has 4 heteroatoms. The van der Waals surface area contributed by atoms with E-state index in [9.17, 15) is 4.79 Å². The van der Waals surface area contributed by atoms with Gasteiger partial charge in [0.05, 0.1) is 32.5 Å². The second-order valence-corrected chi connectivity index (χ2v) is 3.85. The molecule has 0 N–H and O–H groups in total. The van der Waals surface area contributed by atoms with Crippen LogP contribution in [0, 0.1) is 0 Å². The summed E-state index contributed by atoms with van der Waals surface area (Å²) in [7, 11) is 1.37. The van der Waals surface area contributed by atoms with Gasteiger partial charge in [-0.3, -0.25) is 0 Å². The zero-order chi connectivity index (χ0) is 13.2. The molecule has 0 saturated heterocycles. The van der Waals surface area contributed by atoms with Gasteiger partial charge < -0.3 is 14.2 Å². The number of ether oxygens (including phenoxy) is 3. The molecule has 0 spiro atoms. The van der Waals surface area contributed by atoms with Gasteiger partial charge in [-0.25, -0.2) is 4.79 Å². The van der Waals surface area contributed by atoms with Crippen LogP contribution in [0.4, 0.5) is 0 Å². The van der Waals surface area contributed by atoms with Crippen LogP contribution in [0.3, 0.4) is 0 Å². The average molecular weight is 252 g/mol. The molecular weight excluding hydrogens is 232 g/mol. The average Bonchev–Trinajstić information content (AvgIpc) is 2.42. The molecule has 18 heavy (non-hydrogen) atoms. The van der Waals surface area contributed by atoms with Crippen molar-refractivity contribution in [1.82, 2.24) is 0 Å². The van der Waals surface area contributed by atoms with Crippen molar-refractivity contribution in [2.45, 2.75) is 20.0 Å². The lowest BCUT2D eigenvalue weighted by atomic mass is 10.1. The van der Waals surface area contributed by atoms with Crippen molar-refractivity contribution in [3.8, 4) is 0 Å². The molecule has 0 bridgehead atoms. The predicted octanol–water partition coefficient (Wildman–Crippen LogP) is 2.42. The highest BCUT2D eigenvalue weighted by atomic mass is 16.5. The monoisotopic (exact) mass is 252 g/mol. The van der Waals surface area contributed by atoms with Gasteiger partial charge in [0.25, 0.3) is 0 Å². The van der Waals surface area contributed by atoms with Crippen molar-refractivity contribution in [3.63, 3.8) is 0 Å². The highest BCUT2D eigenvalue weighted by Gasteiger charge is 2.03. The van der Waals surface area contributed by atoms with Crippen molar-refractivity contribution in [1.29, 1.82) is 0 Å². The maximum absolute atomic E-state index is 11.2. The number of hydrogen-bond acceptors (Lipinski definition) is 4. The standard InChI is InChI=1S/C14H20O4/c1-3-8-17-9-10-18-11-12-4-6-13(7-5-12)14(15)16-2/h4-7H,3,8-11H2,1-2H3. The molecule has 0 fully saturated rings. The molecule has 0 unspecified atom stereocenters. The van der Waals surface area contributed by atoms with Crippen molar-refractivity contribution >= 4 is 5.97 Å². The molecule has 1 rings (SSSR count). The summed E-state index contributed by atoms with van der Waals surface area (Å²) in [6, 6.07) is 7.19. The maximum Gasteiger partial charge on any atom is 0.337 e. The molecule has 0 aromatic heterocycles. The van der Waals surface area contributed by atoms with Crippen LogP contribution in [-0.2, 0) is 20.8 Å². The van der Waals surface area contributed by atoms with Crippen LogP contribution in [-0.4, -0.2) is 32.9 Å². The van der Waals surface area contributed by atoms with Gasteiger partial charge in [0.15, 0.2) is 0 Å². The molecule has 4 nitrogen and oxygen atoms in total. The summed E-state index contributed by atoms with van der Waals surface area (Å²) < 4.78 is 15.4. The van der Waals surface area contributed by atoms with E-state index >= 15 is 0 Å². The highest BCUT2D eigenvalue weighted by Crippen LogP contribution is 2.06. The molecule has 0 radical (unpaired) electrons. The molecule has 0 aliphatic rings. The number of rotatable bonds is 8. The summed E-state index contributed by atoms with van der Waals surface area (Å²) in [5.41, 5.74) is 1.57. The Bertz CT molecular complexity index is 345. The fourth-order valence-electron chi connectivity index (χ4n) is 1.41. The summed E-state index contributed by atoms with van der Waals surface area (Å²) in [5, 5.41) is 0. The van der Waals surface area contributed by atoms with Crippen molar-refractivity contribution in [2.24, 2.45) is 0 Å². The fourth-order valence-corrected chi connectivity index (χ4v) is 1.41. The normalized spacial score (nSPS) is 10.3. The second kappa shape index (κ2) is 8.66. The van der Waals surface area contributed by atoms with Gasteiger partial charge in [-0.2, -0.15) is 0 Å². The van der Waals surface area contributed by atoms with E-state index in [0.29, 0.717) is 25.4 Å². The van der Waals surface area contributed by atoms with E-state index in [-0.39, 0.29) is 5.97 Å². The lowest BCUT2D eigenvalue weighted by Gasteiger charge is -2.06. The van der Waals surface area contributed by atoms with E-state index in [0.717, 1.165) is 18.6 Å². The summed E-state index contributed by atoms with van der Waals surface area (Å²) in [6.07, 6.45) is 1.02. The highest BCUT2D eigenvalue weighted by molar-refractivity contribution is 5.89. The Kier molecular flexibility index (Phi) is 7.06. The molecule has 0 saturated carbocycles.